The largest absolute Gasteiger partial charge is 0.416 e. The van der Waals surface area contributed by atoms with Gasteiger partial charge in [-0.3, -0.25) is 4.40 Å². The quantitative estimate of drug-likeness (QED) is 0.568. The minimum absolute atomic E-state index is 0.167. The highest BCUT2D eigenvalue weighted by atomic mass is 32.2. The average Bonchev–Trinajstić information content (AvgIpc) is 3.00. The zero-order chi connectivity index (χ0) is 20.9. The zero-order valence-electron chi connectivity index (χ0n) is 14.1. The van der Waals surface area contributed by atoms with Crippen molar-refractivity contribution in [3.63, 3.8) is 0 Å². The van der Waals surface area contributed by atoms with Crippen molar-refractivity contribution in [2.24, 2.45) is 0 Å². The molecule has 2 heterocycles. The molecule has 0 fully saturated rings. The molecule has 0 N–H and O–H groups in total. The van der Waals surface area contributed by atoms with Gasteiger partial charge in [-0.05, 0) is 24.3 Å². The van der Waals surface area contributed by atoms with E-state index in [-0.39, 0.29) is 16.9 Å². The van der Waals surface area contributed by atoms with E-state index in [0.717, 1.165) is 22.7 Å². The molecule has 2 aromatic heterocycles. The number of hydrogen-bond donors (Lipinski definition) is 0. The summed E-state index contributed by atoms with van der Waals surface area (Å²) >= 11 is 0. The third-order valence-electron chi connectivity index (χ3n) is 4.05. The first-order chi connectivity index (χ1) is 12.8. The first-order valence-electron chi connectivity index (χ1n) is 7.84. The number of imidazole rings is 1. The van der Waals surface area contributed by atoms with Gasteiger partial charge in [0, 0.05) is 11.8 Å². The normalized spacial score (nSPS) is 13.2. The van der Waals surface area contributed by atoms with Crippen molar-refractivity contribution >= 4 is 15.5 Å². The molecule has 0 spiro atoms. The Morgan fingerprint density at radius 3 is 2.14 bits per heavy atom. The van der Waals surface area contributed by atoms with E-state index in [0.29, 0.717) is 18.2 Å². The molecule has 0 aliphatic heterocycles. The smallest absolute Gasteiger partial charge is 0.290 e. The summed E-state index contributed by atoms with van der Waals surface area (Å²) < 4.78 is 104. The molecule has 3 rings (SSSR count). The second-order valence-corrected chi connectivity index (χ2v) is 8.08. The Balaban J connectivity index is 2.34. The molecule has 0 bridgehead atoms. The first-order valence-corrected chi connectivity index (χ1v) is 9.49. The van der Waals surface area contributed by atoms with Crippen LogP contribution < -0.4 is 0 Å². The minimum atomic E-state index is -4.69. The van der Waals surface area contributed by atoms with Crippen molar-refractivity contribution in [3.8, 4) is 11.3 Å². The van der Waals surface area contributed by atoms with Gasteiger partial charge in [-0.15, -0.1) is 0 Å². The molecule has 0 unspecified atom stereocenters. The van der Waals surface area contributed by atoms with Crippen molar-refractivity contribution in [3.05, 3.63) is 53.7 Å². The first kappa shape index (κ1) is 20.2. The summed E-state index contributed by atoms with van der Waals surface area (Å²) in [5, 5.41) is -0.460. The molecule has 0 saturated heterocycles. The second kappa shape index (κ2) is 6.50. The van der Waals surface area contributed by atoms with E-state index in [2.05, 4.69) is 4.98 Å². The molecule has 0 aliphatic rings. The average molecular weight is 422 g/mol. The lowest BCUT2D eigenvalue weighted by atomic mass is 10.1. The number of benzene rings is 1. The van der Waals surface area contributed by atoms with Gasteiger partial charge in [0.2, 0.25) is 0 Å². The summed E-state index contributed by atoms with van der Waals surface area (Å²) in [5.41, 5.74) is -2.93. The molecule has 0 aliphatic carbocycles. The topological polar surface area (TPSA) is 51.4 Å². The molecule has 0 atom stereocenters. The van der Waals surface area contributed by atoms with Gasteiger partial charge >= 0.3 is 12.4 Å². The van der Waals surface area contributed by atoms with Crippen LogP contribution in [-0.2, 0) is 22.2 Å². The monoisotopic (exact) mass is 422 g/mol. The lowest BCUT2D eigenvalue weighted by Gasteiger charge is -2.09. The maximum absolute atomic E-state index is 13.0. The number of fused-ring (bicyclic) bond motifs is 1. The van der Waals surface area contributed by atoms with Gasteiger partial charge in [0.1, 0.15) is 11.3 Å². The standard InChI is InChI=1S/C17H12F6N2O2S/c1-2-28(26,27)15-14(10-4-3-5-11(8-10)16(18,19)20)24-13-9-12(17(21,22)23)6-7-25(13)15/h3-9H,2H2,1H3. The summed E-state index contributed by atoms with van der Waals surface area (Å²) in [5.74, 6) is -0.409. The lowest BCUT2D eigenvalue weighted by Crippen LogP contribution is -2.10. The number of alkyl halides is 6. The lowest BCUT2D eigenvalue weighted by molar-refractivity contribution is -0.138. The van der Waals surface area contributed by atoms with E-state index < -0.39 is 44.1 Å². The number of halogens is 6. The van der Waals surface area contributed by atoms with Gasteiger partial charge in [0.15, 0.2) is 14.9 Å². The molecule has 150 valence electrons. The van der Waals surface area contributed by atoms with Crippen LogP contribution in [0.2, 0.25) is 0 Å². The van der Waals surface area contributed by atoms with Crippen LogP contribution in [0.5, 0.6) is 0 Å². The Kier molecular flexibility index (Phi) is 4.69. The van der Waals surface area contributed by atoms with Gasteiger partial charge in [-0.25, -0.2) is 13.4 Å². The Bertz CT molecular complexity index is 1150. The fraction of sp³-hybridized carbons (Fsp3) is 0.235. The van der Waals surface area contributed by atoms with E-state index in [1.165, 1.54) is 13.0 Å². The summed E-state index contributed by atoms with van der Waals surface area (Å²) in [6.07, 6.45) is -8.47. The van der Waals surface area contributed by atoms with E-state index in [4.69, 9.17) is 0 Å². The summed E-state index contributed by atoms with van der Waals surface area (Å²) in [6, 6.07) is 5.13. The van der Waals surface area contributed by atoms with Crippen LogP contribution in [0.3, 0.4) is 0 Å². The van der Waals surface area contributed by atoms with Gasteiger partial charge < -0.3 is 0 Å². The van der Waals surface area contributed by atoms with Crippen LogP contribution in [-0.4, -0.2) is 23.6 Å². The van der Waals surface area contributed by atoms with Crippen molar-refractivity contribution in [2.75, 3.05) is 5.75 Å². The second-order valence-electron chi connectivity index (χ2n) is 5.89. The van der Waals surface area contributed by atoms with E-state index >= 15 is 0 Å². The molecule has 0 saturated carbocycles. The number of rotatable bonds is 3. The van der Waals surface area contributed by atoms with Crippen LogP contribution in [0, 0.1) is 0 Å². The predicted octanol–water partition coefficient (Wildman–Crippen LogP) is 4.83. The molecule has 1 aromatic carbocycles. The fourth-order valence-corrected chi connectivity index (χ4v) is 3.85. The van der Waals surface area contributed by atoms with Crippen LogP contribution in [0.15, 0.2) is 47.6 Å². The Labute approximate surface area is 155 Å². The predicted molar refractivity (Wildman–Crippen MR) is 88.4 cm³/mol. The van der Waals surface area contributed by atoms with E-state index in [1.54, 1.807) is 0 Å². The van der Waals surface area contributed by atoms with Crippen LogP contribution in [0.4, 0.5) is 26.3 Å². The third kappa shape index (κ3) is 3.58. The number of nitrogens with zero attached hydrogens (tertiary/aromatic N) is 2. The van der Waals surface area contributed by atoms with Crippen molar-refractivity contribution in [1.29, 1.82) is 0 Å². The Morgan fingerprint density at radius 1 is 0.964 bits per heavy atom. The maximum atomic E-state index is 13.0. The third-order valence-corrected chi connectivity index (χ3v) is 5.79. The molecule has 0 amide bonds. The highest BCUT2D eigenvalue weighted by Gasteiger charge is 2.34. The maximum Gasteiger partial charge on any atom is 0.416 e. The number of hydrogen-bond acceptors (Lipinski definition) is 3. The molecular weight excluding hydrogens is 410 g/mol. The minimum Gasteiger partial charge on any atom is -0.290 e. The molecule has 11 heteroatoms. The molecular formula is C17H12F6N2O2S. The van der Waals surface area contributed by atoms with E-state index in [1.807, 2.05) is 0 Å². The van der Waals surface area contributed by atoms with Crippen molar-refractivity contribution < 1.29 is 34.8 Å². The van der Waals surface area contributed by atoms with E-state index in [9.17, 15) is 34.8 Å². The highest BCUT2D eigenvalue weighted by Crippen LogP contribution is 2.36. The van der Waals surface area contributed by atoms with Gasteiger partial charge in [0.25, 0.3) is 0 Å². The zero-order valence-corrected chi connectivity index (χ0v) is 15.0. The Hall–Kier alpha value is -2.56. The summed E-state index contributed by atoms with van der Waals surface area (Å²) in [4.78, 5) is 3.91. The summed E-state index contributed by atoms with van der Waals surface area (Å²) in [6.45, 7) is 1.31. The Morgan fingerprint density at radius 2 is 1.57 bits per heavy atom. The molecule has 3 aromatic rings. The van der Waals surface area contributed by atoms with Crippen molar-refractivity contribution in [1.82, 2.24) is 9.38 Å². The number of sulfone groups is 1. The van der Waals surface area contributed by atoms with Gasteiger partial charge in [0.05, 0.1) is 16.9 Å². The van der Waals surface area contributed by atoms with Gasteiger partial charge in [-0.1, -0.05) is 19.1 Å². The summed E-state index contributed by atoms with van der Waals surface area (Å²) in [7, 11) is -4.02. The molecule has 0 radical (unpaired) electrons. The van der Waals surface area contributed by atoms with Crippen molar-refractivity contribution in [2.45, 2.75) is 24.3 Å². The molecule has 28 heavy (non-hydrogen) atoms. The van der Waals surface area contributed by atoms with Gasteiger partial charge in [-0.2, -0.15) is 26.3 Å². The van der Waals surface area contributed by atoms with Crippen LogP contribution in [0.25, 0.3) is 16.9 Å². The highest BCUT2D eigenvalue weighted by molar-refractivity contribution is 7.91. The number of pyridine rings is 1. The molecule has 4 nitrogen and oxygen atoms in total. The van der Waals surface area contributed by atoms with Crippen LogP contribution in [0.1, 0.15) is 18.1 Å². The fourth-order valence-electron chi connectivity index (χ4n) is 2.66. The SMILES string of the molecule is CCS(=O)(=O)c1c(-c2cccc(C(F)(F)F)c2)nc2cc(C(F)(F)F)ccn12. The van der Waals surface area contributed by atoms with Crippen LogP contribution >= 0.6 is 0 Å². The number of aromatic nitrogens is 2.